The smallest absolute Gasteiger partial charge is 0.214 e. The van der Waals surface area contributed by atoms with Gasteiger partial charge < -0.3 is 14.9 Å². The van der Waals surface area contributed by atoms with Gasteiger partial charge in [0.2, 0.25) is 4.77 Å². The maximum atomic E-state index is 6.40. The number of nitrogens with one attached hydrogen (secondary N) is 2. The molecule has 0 saturated carbocycles. The number of hydrogen-bond donors (Lipinski definition) is 2. The molecule has 6 nitrogen and oxygen atoms in total. The van der Waals surface area contributed by atoms with Crippen molar-refractivity contribution in [2.75, 3.05) is 12.5 Å². The summed E-state index contributed by atoms with van der Waals surface area (Å²) in [5.41, 5.74) is 4.89. The molecule has 2 N–H and O–H groups in total. The van der Waals surface area contributed by atoms with E-state index in [0.29, 0.717) is 32.9 Å². The zero-order valence-electron chi connectivity index (χ0n) is 13.8. The van der Waals surface area contributed by atoms with E-state index in [0.717, 1.165) is 11.1 Å². The SMILES string of the molecule is COc1cc(CNn2cn[nH]c2=S)cc(Cl)c1OCc1ccccc1Cl. The second-order valence-electron chi connectivity index (χ2n) is 5.36. The van der Waals surface area contributed by atoms with E-state index in [9.17, 15) is 0 Å². The Balaban J connectivity index is 1.75. The summed E-state index contributed by atoms with van der Waals surface area (Å²) in [6.07, 6.45) is 1.56. The van der Waals surface area contributed by atoms with E-state index in [-0.39, 0.29) is 6.61 Å². The fraction of sp³-hybridized carbons (Fsp3) is 0.176. The molecule has 0 saturated heterocycles. The number of rotatable bonds is 7. The molecule has 1 heterocycles. The predicted octanol–water partition coefficient (Wildman–Crippen LogP) is 4.58. The summed E-state index contributed by atoms with van der Waals surface area (Å²) in [5.74, 6) is 1.01. The highest BCUT2D eigenvalue weighted by Crippen LogP contribution is 2.37. The van der Waals surface area contributed by atoms with Gasteiger partial charge in [0.25, 0.3) is 0 Å². The molecule has 0 bridgehead atoms. The minimum absolute atomic E-state index is 0.289. The van der Waals surface area contributed by atoms with Gasteiger partial charge in [-0.1, -0.05) is 41.4 Å². The van der Waals surface area contributed by atoms with Crippen LogP contribution in [0.2, 0.25) is 10.0 Å². The van der Waals surface area contributed by atoms with E-state index in [4.69, 9.17) is 44.9 Å². The van der Waals surface area contributed by atoms with Crippen LogP contribution in [0.1, 0.15) is 11.1 Å². The summed E-state index contributed by atoms with van der Waals surface area (Å²) in [5, 5.41) is 7.61. The van der Waals surface area contributed by atoms with Crippen LogP contribution in [0.3, 0.4) is 0 Å². The Kier molecular flexibility index (Phi) is 6.03. The van der Waals surface area contributed by atoms with E-state index >= 15 is 0 Å². The van der Waals surface area contributed by atoms with Gasteiger partial charge in [-0.3, -0.25) is 5.10 Å². The van der Waals surface area contributed by atoms with E-state index in [2.05, 4.69) is 15.6 Å². The minimum Gasteiger partial charge on any atom is -0.493 e. The molecule has 0 spiro atoms. The molecule has 2 aromatic carbocycles. The first kappa shape index (κ1) is 18.6. The summed E-state index contributed by atoms with van der Waals surface area (Å²) in [7, 11) is 1.57. The molecule has 0 atom stereocenters. The van der Waals surface area contributed by atoms with Gasteiger partial charge in [0.05, 0.1) is 18.7 Å². The van der Waals surface area contributed by atoms with Crippen molar-refractivity contribution in [3.05, 3.63) is 68.7 Å². The summed E-state index contributed by atoms with van der Waals surface area (Å²) < 4.78 is 13.4. The van der Waals surface area contributed by atoms with Crippen LogP contribution >= 0.6 is 35.4 Å². The van der Waals surface area contributed by atoms with Crippen LogP contribution in [-0.2, 0) is 13.2 Å². The summed E-state index contributed by atoms with van der Waals surface area (Å²) in [4.78, 5) is 0. The van der Waals surface area contributed by atoms with E-state index in [1.165, 1.54) is 0 Å². The lowest BCUT2D eigenvalue weighted by atomic mass is 10.2. The number of methoxy groups -OCH3 is 1. The predicted molar refractivity (Wildman–Crippen MR) is 104 cm³/mol. The van der Waals surface area contributed by atoms with Crippen molar-refractivity contribution in [2.24, 2.45) is 0 Å². The van der Waals surface area contributed by atoms with E-state index in [1.807, 2.05) is 36.4 Å². The molecule has 1 aromatic heterocycles. The molecule has 9 heteroatoms. The molecule has 0 radical (unpaired) electrons. The highest BCUT2D eigenvalue weighted by Gasteiger charge is 2.13. The first-order chi connectivity index (χ1) is 12.6. The van der Waals surface area contributed by atoms with Crippen molar-refractivity contribution in [2.45, 2.75) is 13.2 Å². The Labute approximate surface area is 165 Å². The molecule has 0 unspecified atom stereocenters. The lowest BCUT2D eigenvalue weighted by Crippen LogP contribution is -2.13. The number of aromatic nitrogens is 3. The van der Waals surface area contributed by atoms with Gasteiger partial charge >= 0.3 is 0 Å². The third kappa shape index (κ3) is 4.30. The number of H-pyrrole nitrogens is 1. The van der Waals surface area contributed by atoms with Gasteiger partial charge in [-0.05, 0) is 36.0 Å². The number of benzene rings is 2. The second kappa shape index (κ2) is 8.44. The third-order valence-corrected chi connectivity index (χ3v) is 4.56. The molecule has 0 amide bonds. The maximum Gasteiger partial charge on any atom is 0.214 e. The summed E-state index contributed by atoms with van der Waals surface area (Å²) in [6.45, 7) is 0.770. The van der Waals surface area contributed by atoms with Crippen molar-refractivity contribution < 1.29 is 9.47 Å². The molecular weight excluding hydrogens is 395 g/mol. The van der Waals surface area contributed by atoms with Crippen molar-refractivity contribution >= 4 is 35.4 Å². The van der Waals surface area contributed by atoms with Crippen LogP contribution in [0.25, 0.3) is 0 Å². The molecular formula is C17H16Cl2N4O2S. The summed E-state index contributed by atoms with van der Waals surface area (Å²) >= 11 is 17.6. The van der Waals surface area contributed by atoms with Gasteiger partial charge in [0.15, 0.2) is 11.5 Å². The fourth-order valence-corrected chi connectivity index (χ4v) is 2.96. The van der Waals surface area contributed by atoms with Crippen molar-refractivity contribution in [1.29, 1.82) is 0 Å². The van der Waals surface area contributed by atoms with Gasteiger partial charge in [-0.2, -0.15) is 5.10 Å². The molecule has 26 heavy (non-hydrogen) atoms. The monoisotopic (exact) mass is 410 g/mol. The minimum atomic E-state index is 0.289. The average Bonchev–Trinajstić information content (AvgIpc) is 3.04. The van der Waals surface area contributed by atoms with Gasteiger partial charge in [-0.25, -0.2) is 4.68 Å². The number of nitrogens with zero attached hydrogens (tertiary/aromatic N) is 2. The van der Waals surface area contributed by atoms with Gasteiger partial charge in [-0.15, -0.1) is 0 Å². The molecule has 0 fully saturated rings. The van der Waals surface area contributed by atoms with Crippen LogP contribution in [0.4, 0.5) is 0 Å². The van der Waals surface area contributed by atoms with Crippen LogP contribution in [0.15, 0.2) is 42.7 Å². The Morgan fingerprint density at radius 2 is 2.04 bits per heavy atom. The Morgan fingerprint density at radius 3 is 2.73 bits per heavy atom. The Morgan fingerprint density at radius 1 is 1.23 bits per heavy atom. The Bertz CT molecular complexity index is 958. The average molecular weight is 411 g/mol. The van der Waals surface area contributed by atoms with Crippen molar-refractivity contribution in [3.8, 4) is 11.5 Å². The van der Waals surface area contributed by atoms with E-state index in [1.54, 1.807) is 18.1 Å². The first-order valence-corrected chi connectivity index (χ1v) is 8.83. The summed E-state index contributed by atoms with van der Waals surface area (Å²) in [6, 6.07) is 11.1. The van der Waals surface area contributed by atoms with Crippen molar-refractivity contribution in [3.63, 3.8) is 0 Å². The third-order valence-electron chi connectivity index (χ3n) is 3.62. The second-order valence-corrected chi connectivity index (χ2v) is 6.56. The van der Waals surface area contributed by atoms with Crippen LogP contribution < -0.4 is 14.9 Å². The maximum absolute atomic E-state index is 6.40. The topological polar surface area (TPSA) is 64.1 Å². The quantitative estimate of drug-likeness (QED) is 0.558. The normalized spacial score (nSPS) is 10.6. The van der Waals surface area contributed by atoms with Gasteiger partial charge in [0.1, 0.15) is 12.9 Å². The lowest BCUT2D eigenvalue weighted by Gasteiger charge is -2.15. The number of halogens is 2. The fourth-order valence-electron chi connectivity index (χ4n) is 2.32. The van der Waals surface area contributed by atoms with Crippen LogP contribution in [-0.4, -0.2) is 22.0 Å². The van der Waals surface area contributed by atoms with Gasteiger partial charge in [0, 0.05) is 10.6 Å². The lowest BCUT2D eigenvalue weighted by molar-refractivity contribution is 0.284. The highest BCUT2D eigenvalue weighted by atomic mass is 35.5. The number of hydrogen-bond acceptors (Lipinski definition) is 5. The Hall–Kier alpha value is -2.22. The molecule has 0 aliphatic rings. The number of ether oxygens (including phenoxy) is 2. The molecule has 0 aliphatic carbocycles. The first-order valence-electron chi connectivity index (χ1n) is 7.67. The standard InChI is InChI=1S/C17H16Cl2N4O2S/c1-24-15-7-11(8-21-23-10-20-22-17(23)26)6-14(19)16(15)25-9-12-4-2-3-5-13(12)18/h2-7,10,21H,8-9H2,1H3,(H,22,26). The zero-order chi connectivity index (χ0) is 18.5. The largest absolute Gasteiger partial charge is 0.493 e. The van der Waals surface area contributed by atoms with Crippen molar-refractivity contribution in [1.82, 2.24) is 14.9 Å². The van der Waals surface area contributed by atoms with E-state index < -0.39 is 0 Å². The van der Waals surface area contributed by atoms with Crippen LogP contribution in [0, 0.1) is 4.77 Å². The zero-order valence-corrected chi connectivity index (χ0v) is 16.2. The molecule has 0 aliphatic heterocycles. The molecule has 136 valence electrons. The van der Waals surface area contributed by atoms with Crippen LogP contribution in [0.5, 0.6) is 11.5 Å². The highest BCUT2D eigenvalue weighted by molar-refractivity contribution is 7.71. The molecule has 3 rings (SSSR count). The number of aromatic amines is 1. The molecule has 3 aromatic rings.